The predicted molar refractivity (Wildman–Crippen MR) is 99.6 cm³/mol. The average Bonchev–Trinajstić information content (AvgIpc) is 2.62. The highest BCUT2D eigenvalue weighted by atomic mass is 19.1. The molecule has 0 unspecified atom stereocenters. The minimum Gasteiger partial charge on any atom is -0.496 e. The molecule has 2 aromatic heterocycles. The number of hydrogen-bond acceptors (Lipinski definition) is 5. The van der Waals surface area contributed by atoms with Crippen LogP contribution in [0.4, 0.5) is 10.2 Å². The van der Waals surface area contributed by atoms with Crippen LogP contribution in [0.15, 0.2) is 48.8 Å². The van der Waals surface area contributed by atoms with E-state index >= 15 is 0 Å². The first-order chi connectivity index (χ1) is 12.5. The van der Waals surface area contributed by atoms with Gasteiger partial charge in [-0.1, -0.05) is 0 Å². The normalized spacial score (nSPS) is 10.5. The first-order valence-corrected chi connectivity index (χ1v) is 8.10. The maximum atomic E-state index is 13.5. The SMILES string of the molecule is COc1cc(F)ccc1-c1cccnc1Oc1cnc(N(C)C)c(C)c1. The lowest BCUT2D eigenvalue weighted by Gasteiger charge is -2.16. The first-order valence-electron chi connectivity index (χ1n) is 8.10. The van der Waals surface area contributed by atoms with Crippen LogP contribution in [0.1, 0.15) is 5.56 Å². The molecule has 134 valence electrons. The molecule has 2 heterocycles. The van der Waals surface area contributed by atoms with E-state index in [0.29, 0.717) is 28.5 Å². The number of nitrogens with zero attached hydrogens (tertiary/aromatic N) is 3. The molecule has 0 saturated carbocycles. The molecule has 3 rings (SSSR count). The highest BCUT2D eigenvalue weighted by molar-refractivity contribution is 5.74. The van der Waals surface area contributed by atoms with Gasteiger partial charge in [-0.15, -0.1) is 0 Å². The molecule has 0 aliphatic heterocycles. The highest BCUT2D eigenvalue weighted by Crippen LogP contribution is 2.37. The third-order valence-corrected chi connectivity index (χ3v) is 3.89. The topological polar surface area (TPSA) is 47.5 Å². The summed E-state index contributed by atoms with van der Waals surface area (Å²) in [5.74, 6) is 1.90. The molecule has 0 amide bonds. The van der Waals surface area contributed by atoms with Crippen LogP contribution in [0.3, 0.4) is 0 Å². The zero-order chi connectivity index (χ0) is 18.7. The van der Waals surface area contributed by atoms with Crippen molar-refractivity contribution >= 4 is 5.82 Å². The van der Waals surface area contributed by atoms with Gasteiger partial charge < -0.3 is 14.4 Å². The number of anilines is 1. The van der Waals surface area contributed by atoms with E-state index in [-0.39, 0.29) is 5.82 Å². The van der Waals surface area contributed by atoms with Crippen molar-refractivity contribution in [3.05, 3.63) is 60.2 Å². The third-order valence-electron chi connectivity index (χ3n) is 3.89. The molecule has 0 radical (unpaired) electrons. The van der Waals surface area contributed by atoms with Crippen molar-refractivity contribution in [1.82, 2.24) is 9.97 Å². The second kappa shape index (κ2) is 7.39. The monoisotopic (exact) mass is 353 g/mol. The molecule has 0 atom stereocenters. The second-order valence-electron chi connectivity index (χ2n) is 6.01. The molecule has 0 spiro atoms. The van der Waals surface area contributed by atoms with Crippen molar-refractivity contribution < 1.29 is 13.9 Å². The average molecular weight is 353 g/mol. The van der Waals surface area contributed by atoms with Gasteiger partial charge in [0.2, 0.25) is 5.88 Å². The summed E-state index contributed by atoms with van der Waals surface area (Å²) in [6, 6.07) is 9.92. The fourth-order valence-corrected chi connectivity index (χ4v) is 2.74. The van der Waals surface area contributed by atoms with Crippen molar-refractivity contribution in [3.8, 4) is 28.5 Å². The van der Waals surface area contributed by atoms with Gasteiger partial charge in [-0.2, -0.15) is 0 Å². The molecule has 0 fully saturated rings. The van der Waals surface area contributed by atoms with Crippen molar-refractivity contribution in [3.63, 3.8) is 0 Å². The molecule has 6 heteroatoms. The van der Waals surface area contributed by atoms with E-state index in [0.717, 1.165) is 11.4 Å². The van der Waals surface area contributed by atoms with Crippen LogP contribution in [-0.4, -0.2) is 31.2 Å². The number of benzene rings is 1. The molecule has 0 aliphatic carbocycles. The van der Waals surface area contributed by atoms with Crippen LogP contribution < -0.4 is 14.4 Å². The number of hydrogen-bond donors (Lipinski definition) is 0. The minimum atomic E-state index is -0.365. The molecule has 0 N–H and O–H groups in total. The van der Waals surface area contributed by atoms with E-state index in [9.17, 15) is 4.39 Å². The van der Waals surface area contributed by atoms with E-state index in [1.165, 1.54) is 19.2 Å². The standard InChI is InChI=1S/C20H20FN3O2/c1-13-10-15(12-23-19(13)24(2)3)26-20-17(6-5-9-22-20)16-8-7-14(21)11-18(16)25-4/h5-12H,1-4H3. The minimum absolute atomic E-state index is 0.365. The fourth-order valence-electron chi connectivity index (χ4n) is 2.74. The van der Waals surface area contributed by atoms with Gasteiger partial charge >= 0.3 is 0 Å². The number of aryl methyl sites for hydroxylation is 1. The zero-order valence-corrected chi connectivity index (χ0v) is 15.2. The van der Waals surface area contributed by atoms with Gasteiger partial charge in [0.05, 0.1) is 13.3 Å². The van der Waals surface area contributed by atoms with Crippen molar-refractivity contribution in [2.45, 2.75) is 6.92 Å². The van der Waals surface area contributed by atoms with Crippen LogP contribution in [0.2, 0.25) is 0 Å². The lowest BCUT2D eigenvalue weighted by molar-refractivity contribution is 0.412. The molecular weight excluding hydrogens is 333 g/mol. The predicted octanol–water partition coefficient (Wildman–Crippen LogP) is 4.46. The summed E-state index contributed by atoms with van der Waals surface area (Å²) < 4.78 is 24.8. The fraction of sp³-hybridized carbons (Fsp3) is 0.200. The third kappa shape index (κ3) is 3.59. The number of pyridine rings is 2. The van der Waals surface area contributed by atoms with Gasteiger partial charge in [-0.05, 0) is 42.8 Å². The highest BCUT2D eigenvalue weighted by Gasteiger charge is 2.14. The van der Waals surface area contributed by atoms with Gasteiger partial charge in [-0.25, -0.2) is 14.4 Å². The van der Waals surface area contributed by atoms with E-state index < -0.39 is 0 Å². The van der Waals surface area contributed by atoms with E-state index in [2.05, 4.69) is 9.97 Å². The van der Waals surface area contributed by atoms with Gasteiger partial charge in [0.25, 0.3) is 0 Å². The Bertz CT molecular complexity index is 929. The summed E-state index contributed by atoms with van der Waals surface area (Å²) in [5, 5.41) is 0. The van der Waals surface area contributed by atoms with Crippen LogP contribution in [0, 0.1) is 12.7 Å². The number of aromatic nitrogens is 2. The Balaban J connectivity index is 2.00. The second-order valence-corrected chi connectivity index (χ2v) is 6.01. The Morgan fingerprint density at radius 2 is 1.85 bits per heavy atom. The molecule has 0 bridgehead atoms. The van der Waals surface area contributed by atoms with E-state index in [1.54, 1.807) is 24.5 Å². The Morgan fingerprint density at radius 1 is 1.04 bits per heavy atom. The van der Waals surface area contributed by atoms with Crippen molar-refractivity contribution in [2.75, 3.05) is 26.1 Å². The van der Waals surface area contributed by atoms with Crippen LogP contribution in [0.25, 0.3) is 11.1 Å². The van der Waals surface area contributed by atoms with E-state index in [4.69, 9.17) is 9.47 Å². The Hall–Kier alpha value is -3.15. The summed E-state index contributed by atoms with van der Waals surface area (Å²) >= 11 is 0. The Morgan fingerprint density at radius 3 is 2.54 bits per heavy atom. The van der Waals surface area contributed by atoms with Crippen molar-refractivity contribution in [2.24, 2.45) is 0 Å². The maximum Gasteiger partial charge on any atom is 0.227 e. The number of ether oxygens (including phenoxy) is 2. The van der Waals surface area contributed by atoms with Crippen LogP contribution in [-0.2, 0) is 0 Å². The Kier molecular flexibility index (Phi) is 5.02. The molecule has 0 saturated heterocycles. The number of halogens is 1. The van der Waals surface area contributed by atoms with Gasteiger partial charge in [-0.3, -0.25) is 0 Å². The largest absolute Gasteiger partial charge is 0.496 e. The summed E-state index contributed by atoms with van der Waals surface area (Å²) in [5.41, 5.74) is 2.40. The van der Waals surface area contributed by atoms with E-state index in [1.807, 2.05) is 38.1 Å². The van der Waals surface area contributed by atoms with Gasteiger partial charge in [0, 0.05) is 37.5 Å². The Labute approximate surface area is 152 Å². The molecule has 1 aromatic carbocycles. The molecule has 26 heavy (non-hydrogen) atoms. The first kappa shape index (κ1) is 17.7. The molecular formula is C20H20FN3O2. The molecule has 0 aliphatic rings. The quantitative estimate of drug-likeness (QED) is 0.678. The van der Waals surface area contributed by atoms with Gasteiger partial charge in [0.1, 0.15) is 23.1 Å². The zero-order valence-electron chi connectivity index (χ0n) is 15.2. The number of methoxy groups -OCH3 is 1. The van der Waals surface area contributed by atoms with Crippen LogP contribution >= 0.6 is 0 Å². The van der Waals surface area contributed by atoms with Crippen LogP contribution in [0.5, 0.6) is 17.4 Å². The lowest BCUT2D eigenvalue weighted by atomic mass is 10.1. The smallest absolute Gasteiger partial charge is 0.227 e. The summed E-state index contributed by atoms with van der Waals surface area (Å²) in [7, 11) is 5.38. The van der Waals surface area contributed by atoms with Crippen molar-refractivity contribution in [1.29, 1.82) is 0 Å². The molecule has 3 aromatic rings. The summed E-state index contributed by atoms with van der Waals surface area (Å²) in [4.78, 5) is 10.7. The molecule has 5 nitrogen and oxygen atoms in total. The summed E-state index contributed by atoms with van der Waals surface area (Å²) in [6.07, 6.45) is 3.30. The number of rotatable bonds is 5. The summed E-state index contributed by atoms with van der Waals surface area (Å²) in [6.45, 7) is 1.97. The van der Waals surface area contributed by atoms with Gasteiger partial charge in [0.15, 0.2) is 0 Å². The lowest BCUT2D eigenvalue weighted by Crippen LogP contribution is -2.12. The maximum absolute atomic E-state index is 13.5.